The van der Waals surface area contributed by atoms with E-state index in [1.807, 2.05) is 30.5 Å². The summed E-state index contributed by atoms with van der Waals surface area (Å²) in [5.41, 5.74) is 2.80. The molecule has 3 rings (SSSR count). The van der Waals surface area contributed by atoms with Gasteiger partial charge in [-0.1, -0.05) is 24.3 Å². The van der Waals surface area contributed by atoms with Crippen LogP contribution in [0.15, 0.2) is 36.0 Å². The van der Waals surface area contributed by atoms with E-state index in [1.165, 1.54) is 0 Å². The summed E-state index contributed by atoms with van der Waals surface area (Å²) in [4.78, 5) is 14.3. The molecule has 1 unspecified atom stereocenters. The van der Waals surface area contributed by atoms with Gasteiger partial charge in [0.2, 0.25) is 0 Å². The van der Waals surface area contributed by atoms with Crippen LogP contribution >= 0.6 is 0 Å². The number of carbonyl (C=O) groups excluding carboxylic acids is 1. The van der Waals surface area contributed by atoms with Gasteiger partial charge in [-0.05, 0) is 18.4 Å². The van der Waals surface area contributed by atoms with Crippen LogP contribution in [0.3, 0.4) is 0 Å². The normalized spacial score (nSPS) is 25.6. The van der Waals surface area contributed by atoms with E-state index in [9.17, 15) is 9.90 Å². The molecule has 1 saturated heterocycles. The van der Waals surface area contributed by atoms with Crippen molar-refractivity contribution in [2.24, 2.45) is 0 Å². The second-order valence-corrected chi connectivity index (χ2v) is 5.11. The first kappa shape index (κ1) is 11.5. The summed E-state index contributed by atoms with van der Waals surface area (Å²) < 4.78 is 0. The van der Waals surface area contributed by atoms with Crippen molar-refractivity contribution in [3.63, 3.8) is 0 Å². The molecule has 2 aliphatic rings. The maximum atomic E-state index is 12.2. The number of hydrogen-bond donors (Lipinski definition) is 1. The maximum Gasteiger partial charge on any atom is 0.191 e. The summed E-state index contributed by atoms with van der Waals surface area (Å²) in [5.74, 6) is 0.144. The quantitative estimate of drug-likeness (QED) is 0.764. The zero-order valence-electron chi connectivity index (χ0n) is 10.3. The number of fused-ring (bicyclic) bond motifs is 1. The van der Waals surface area contributed by atoms with Gasteiger partial charge in [-0.3, -0.25) is 4.79 Å². The van der Waals surface area contributed by atoms with E-state index in [0.717, 1.165) is 42.5 Å². The minimum atomic E-state index is -0.255. The molecule has 1 atom stereocenters. The van der Waals surface area contributed by atoms with E-state index in [-0.39, 0.29) is 11.9 Å². The van der Waals surface area contributed by atoms with Crippen molar-refractivity contribution >= 4 is 5.78 Å². The fourth-order valence-electron chi connectivity index (χ4n) is 2.78. The van der Waals surface area contributed by atoms with Gasteiger partial charge >= 0.3 is 0 Å². The van der Waals surface area contributed by atoms with Crippen LogP contribution in [0.25, 0.3) is 0 Å². The predicted octanol–water partition coefficient (Wildman–Crippen LogP) is 1.77. The van der Waals surface area contributed by atoms with Gasteiger partial charge in [-0.15, -0.1) is 0 Å². The summed E-state index contributed by atoms with van der Waals surface area (Å²) in [5, 5.41) is 9.64. The van der Waals surface area contributed by atoms with E-state index < -0.39 is 0 Å². The first-order valence-corrected chi connectivity index (χ1v) is 6.49. The molecule has 3 heteroatoms. The first-order valence-electron chi connectivity index (χ1n) is 6.49. The molecule has 94 valence electrons. The van der Waals surface area contributed by atoms with Crippen molar-refractivity contribution in [2.45, 2.75) is 25.4 Å². The smallest absolute Gasteiger partial charge is 0.191 e. The highest BCUT2D eigenvalue weighted by Gasteiger charge is 2.25. The third kappa shape index (κ3) is 2.06. The van der Waals surface area contributed by atoms with Crippen molar-refractivity contribution in [2.75, 3.05) is 13.1 Å². The monoisotopic (exact) mass is 243 g/mol. The third-order valence-electron chi connectivity index (χ3n) is 3.70. The molecule has 1 aromatic carbocycles. The highest BCUT2D eigenvalue weighted by atomic mass is 16.3. The van der Waals surface area contributed by atoms with E-state index >= 15 is 0 Å². The lowest BCUT2D eigenvalue weighted by Gasteiger charge is -2.29. The molecule has 1 aliphatic carbocycles. The second kappa shape index (κ2) is 4.58. The zero-order valence-corrected chi connectivity index (χ0v) is 10.3. The van der Waals surface area contributed by atoms with E-state index in [2.05, 4.69) is 4.90 Å². The number of Topliss-reactive ketones (excluding diaryl/α,β-unsaturated/α-hetero) is 1. The van der Waals surface area contributed by atoms with Crippen molar-refractivity contribution in [3.05, 3.63) is 47.2 Å². The molecule has 0 amide bonds. The molecule has 3 nitrogen and oxygen atoms in total. The number of β-amino-alcohol motifs (C(OH)–C–C–N with tert-alkyl or cyclic N) is 1. The van der Waals surface area contributed by atoms with E-state index in [4.69, 9.17) is 0 Å². The lowest BCUT2D eigenvalue weighted by molar-refractivity contribution is 0.0920. The molecule has 1 N–H and O–H groups in total. The second-order valence-electron chi connectivity index (χ2n) is 5.11. The van der Waals surface area contributed by atoms with Crippen LogP contribution in [0.5, 0.6) is 0 Å². The Morgan fingerprint density at radius 1 is 1.33 bits per heavy atom. The zero-order chi connectivity index (χ0) is 12.5. The fraction of sp³-hybridized carbons (Fsp3) is 0.400. The molecule has 1 fully saturated rings. The number of benzene rings is 1. The topological polar surface area (TPSA) is 40.5 Å². The molecule has 1 aliphatic heterocycles. The molecule has 18 heavy (non-hydrogen) atoms. The van der Waals surface area contributed by atoms with Crippen LogP contribution in [0.4, 0.5) is 0 Å². The summed E-state index contributed by atoms with van der Waals surface area (Å²) >= 11 is 0. The molecule has 0 aromatic heterocycles. The molecular formula is C15H17NO2. The van der Waals surface area contributed by atoms with Crippen LogP contribution in [-0.4, -0.2) is 35.0 Å². The number of carbonyl (C=O) groups is 1. The van der Waals surface area contributed by atoms with Gasteiger partial charge in [0.15, 0.2) is 5.78 Å². The number of ketones is 1. The van der Waals surface area contributed by atoms with Crippen LogP contribution in [0.2, 0.25) is 0 Å². The van der Waals surface area contributed by atoms with Crippen molar-refractivity contribution in [3.8, 4) is 0 Å². The number of aliphatic hydroxyl groups excluding tert-OH is 1. The highest BCUT2D eigenvalue weighted by molar-refractivity contribution is 6.13. The summed E-state index contributed by atoms with van der Waals surface area (Å²) in [6, 6.07) is 7.78. The van der Waals surface area contributed by atoms with E-state index in [0.29, 0.717) is 6.54 Å². The van der Waals surface area contributed by atoms with Gasteiger partial charge in [0.25, 0.3) is 0 Å². The Balaban J connectivity index is 1.81. The van der Waals surface area contributed by atoms with Gasteiger partial charge < -0.3 is 10.0 Å². The minimum absolute atomic E-state index is 0.144. The Morgan fingerprint density at radius 2 is 2.17 bits per heavy atom. The minimum Gasteiger partial charge on any atom is -0.391 e. The Hall–Kier alpha value is -1.61. The number of likely N-dealkylation sites (tertiary alicyclic amines) is 1. The molecule has 0 bridgehead atoms. The molecule has 1 aromatic rings. The lowest BCUT2D eigenvalue weighted by Crippen LogP contribution is -2.35. The average Bonchev–Trinajstić information content (AvgIpc) is 2.67. The first-order chi connectivity index (χ1) is 8.74. The van der Waals surface area contributed by atoms with Gasteiger partial charge in [0.1, 0.15) is 0 Å². The SMILES string of the molecule is O=C1/C(=C\N2CCCC(O)C2)Cc2ccccc21. The van der Waals surface area contributed by atoms with Gasteiger partial charge in [0, 0.05) is 36.8 Å². The third-order valence-corrected chi connectivity index (χ3v) is 3.70. The number of allylic oxidation sites excluding steroid dienone is 1. The van der Waals surface area contributed by atoms with Crippen LogP contribution in [-0.2, 0) is 6.42 Å². The standard InChI is InChI=1S/C15H17NO2/c17-13-5-3-7-16(10-13)9-12-8-11-4-1-2-6-14(11)15(12)18/h1-2,4,6,9,13,17H,3,5,7-8,10H2/b12-9-. The lowest BCUT2D eigenvalue weighted by atomic mass is 10.1. The van der Waals surface area contributed by atoms with Crippen LogP contribution in [0.1, 0.15) is 28.8 Å². The van der Waals surface area contributed by atoms with Gasteiger partial charge in [-0.25, -0.2) is 0 Å². The van der Waals surface area contributed by atoms with Gasteiger partial charge in [0.05, 0.1) is 6.10 Å². The molecular weight excluding hydrogens is 226 g/mol. The predicted molar refractivity (Wildman–Crippen MR) is 69.4 cm³/mol. The Labute approximate surface area is 107 Å². The molecule has 1 heterocycles. The van der Waals surface area contributed by atoms with Crippen LogP contribution < -0.4 is 0 Å². The molecule has 0 saturated carbocycles. The molecule has 0 radical (unpaired) electrons. The number of rotatable bonds is 1. The Bertz CT molecular complexity index is 507. The van der Waals surface area contributed by atoms with Crippen molar-refractivity contribution in [1.29, 1.82) is 0 Å². The summed E-state index contributed by atoms with van der Waals surface area (Å²) in [6.07, 6.45) is 4.28. The summed E-state index contributed by atoms with van der Waals surface area (Å²) in [7, 11) is 0. The molecule has 0 spiro atoms. The number of piperidine rings is 1. The van der Waals surface area contributed by atoms with E-state index in [1.54, 1.807) is 0 Å². The highest BCUT2D eigenvalue weighted by Crippen LogP contribution is 2.26. The van der Waals surface area contributed by atoms with Crippen molar-refractivity contribution < 1.29 is 9.90 Å². The number of aliphatic hydroxyl groups is 1. The Kier molecular flexibility index (Phi) is 2.92. The fourth-order valence-corrected chi connectivity index (χ4v) is 2.78. The maximum absolute atomic E-state index is 12.2. The Morgan fingerprint density at radius 3 is 2.94 bits per heavy atom. The largest absolute Gasteiger partial charge is 0.391 e. The number of nitrogens with zero attached hydrogens (tertiary/aromatic N) is 1. The van der Waals surface area contributed by atoms with Crippen LogP contribution in [0, 0.1) is 0 Å². The van der Waals surface area contributed by atoms with Crippen molar-refractivity contribution in [1.82, 2.24) is 4.90 Å². The van der Waals surface area contributed by atoms with Gasteiger partial charge in [-0.2, -0.15) is 0 Å². The summed E-state index contributed by atoms with van der Waals surface area (Å²) in [6.45, 7) is 1.58. The number of hydrogen-bond acceptors (Lipinski definition) is 3. The average molecular weight is 243 g/mol.